The molecule has 0 spiro atoms. The summed E-state index contributed by atoms with van der Waals surface area (Å²) in [5.41, 5.74) is 2.43. The van der Waals surface area contributed by atoms with Crippen LogP contribution in [0.5, 0.6) is 0 Å². The minimum atomic E-state index is -0.0385. The predicted molar refractivity (Wildman–Crippen MR) is 99.2 cm³/mol. The standard InChI is InChI=1S/C20H29N3O/c1-20(2,3)24-15-14-22-10-12-23(13-11-22)16-18-7-4-6-17-8-5-9-21-19(17)18/h4-9H,10-16H2,1-3H3. The van der Waals surface area contributed by atoms with Crippen molar-refractivity contribution in [3.05, 3.63) is 42.1 Å². The van der Waals surface area contributed by atoms with Gasteiger partial charge in [-0.3, -0.25) is 14.8 Å². The third-order valence-corrected chi connectivity index (χ3v) is 4.52. The van der Waals surface area contributed by atoms with Gasteiger partial charge in [-0.2, -0.15) is 0 Å². The molecule has 3 rings (SSSR count). The van der Waals surface area contributed by atoms with Gasteiger partial charge in [-0.15, -0.1) is 0 Å². The minimum Gasteiger partial charge on any atom is -0.375 e. The highest BCUT2D eigenvalue weighted by atomic mass is 16.5. The number of benzene rings is 1. The maximum atomic E-state index is 5.84. The molecule has 0 aliphatic carbocycles. The lowest BCUT2D eigenvalue weighted by atomic mass is 10.1. The van der Waals surface area contributed by atoms with E-state index in [0.717, 1.165) is 51.4 Å². The van der Waals surface area contributed by atoms with Crippen molar-refractivity contribution in [1.82, 2.24) is 14.8 Å². The lowest BCUT2D eigenvalue weighted by Gasteiger charge is -2.35. The second-order valence-corrected chi connectivity index (χ2v) is 7.57. The van der Waals surface area contributed by atoms with Crippen molar-refractivity contribution in [2.24, 2.45) is 0 Å². The highest BCUT2D eigenvalue weighted by Gasteiger charge is 2.18. The average Bonchev–Trinajstić information content (AvgIpc) is 2.56. The fourth-order valence-corrected chi connectivity index (χ4v) is 3.19. The molecule has 1 aromatic heterocycles. The van der Waals surface area contributed by atoms with Crippen LogP contribution in [0.4, 0.5) is 0 Å². The monoisotopic (exact) mass is 327 g/mol. The van der Waals surface area contributed by atoms with Crippen molar-refractivity contribution >= 4 is 10.9 Å². The van der Waals surface area contributed by atoms with Crippen LogP contribution in [0.3, 0.4) is 0 Å². The Labute approximate surface area is 145 Å². The minimum absolute atomic E-state index is 0.0385. The van der Waals surface area contributed by atoms with Gasteiger partial charge in [0.15, 0.2) is 0 Å². The highest BCUT2D eigenvalue weighted by Crippen LogP contribution is 2.18. The summed E-state index contributed by atoms with van der Waals surface area (Å²) in [7, 11) is 0. The van der Waals surface area contributed by atoms with Gasteiger partial charge in [-0.25, -0.2) is 0 Å². The molecule has 2 aromatic rings. The van der Waals surface area contributed by atoms with Gasteiger partial charge >= 0.3 is 0 Å². The normalized spacial score (nSPS) is 17.5. The van der Waals surface area contributed by atoms with E-state index in [-0.39, 0.29) is 5.60 Å². The maximum Gasteiger partial charge on any atom is 0.0746 e. The molecule has 0 saturated carbocycles. The van der Waals surface area contributed by atoms with E-state index in [9.17, 15) is 0 Å². The van der Waals surface area contributed by atoms with E-state index in [1.165, 1.54) is 10.9 Å². The molecule has 0 radical (unpaired) electrons. The summed E-state index contributed by atoms with van der Waals surface area (Å²) in [4.78, 5) is 9.61. The Hall–Kier alpha value is -1.49. The number of rotatable bonds is 5. The Morgan fingerprint density at radius 2 is 1.71 bits per heavy atom. The number of fused-ring (bicyclic) bond motifs is 1. The van der Waals surface area contributed by atoms with Crippen LogP contribution in [-0.2, 0) is 11.3 Å². The molecule has 1 aromatic carbocycles. The molecule has 0 amide bonds. The molecule has 2 heterocycles. The average molecular weight is 327 g/mol. The summed E-state index contributed by atoms with van der Waals surface area (Å²) >= 11 is 0. The van der Waals surface area contributed by atoms with Gasteiger partial charge in [0.1, 0.15) is 0 Å². The molecule has 4 heteroatoms. The van der Waals surface area contributed by atoms with Crippen molar-refractivity contribution < 1.29 is 4.74 Å². The van der Waals surface area contributed by atoms with E-state index in [1.807, 2.05) is 12.3 Å². The Morgan fingerprint density at radius 1 is 1.00 bits per heavy atom. The zero-order chi connectivity index (χ0) is 17.0. The second-order valence-electron chi connectivity index (χ2n) is 7.57. The van der Waals surface area contributed by atoms with Gasteiger partial charge in [0, 0.05) is 50.9 Å². The van der Waals surface area contributed by atoms with Gasteiger partial charge in [0.2, 0.25) is 0 Å². The fraction of sp³-hybridized carbons (Fsp3) is 0.550. The quantitative estimate of drug-likeness (QED) is 0.843. The largest absolute Gasteiger partial charge is 0.375 e. The van der Waals surface area contributed by atoms with Gasteiger partial charge < -0.3 is 4.74 Å². The van der Waals surface area contributed by atoms with E-state index in [0.29, 0.717) is 0 Å². The number of pyridine rings is 1. The second kappa shape index (κ2) is 7.60. The molecule has 0 atom stereocenters. The van der Waals surface area contributed by atoms with Crippen molar-refractivity contribution in [3.63, 3.8) is 0 Å². The van der Waals surface area contributed by atoms with Gasteiger partial charge in [0.05, 0.1) is 17.7 Å². The molecular weight excluding hydrogens is 298 g/mol. The summed E-state index contributed by atoms with van der Waals surface area (Å²) in [6, 6.07) is 10.6. The summed E-state index contributed by atoms with van der Waals surface area (Å²) in [6.07, 6.45) is 1.89. The Kier molecular flexibility index (Phi) is 5.49. The van der Waals surface area contributed by atoms with Crippen LogP contribution < -0.4 is 0 Å². The van der Waals surface area contributed by atoms with Crippen LogP contribution in [0, 0.1) is 0 Å². The van der Waals surface area contributed by atoms with Gasteiger partial charge in [0.25, 0.3) is 0 Å². The number of piperazine rings is 1. The first-order valence-electron chi connectivity index (χ1n) is 8.92. The zero-order valence-corrected chi connectivity index (χ0v) is 15.2. The zero-order valence-electron chi connectivity index (χ0n) is 15.2. The number of hydrogen-bond acceptors (Lipinski definition) is 4. The number of hydrogen-bond donors (Lipinski definition) is 0. The Bertz CT molecular complexity index is 652. The van der Waals surface area contributed by atoms with E-state index in [4.69, 9.17) is 4.74 Å². The molecule has 130 valence electrons. The first kappa shape index (κ1) is 17.3. The van der Waals surface area contributed by atoms with Crippen LogP contribution in [-0.4, -0.2) is 59.7 Å². The van der Waals surface area contributed by atoms with Crippen LogP contribution in [0.2, 0.25) is 0 Å². The molecule has 0 unspecified atom stereocenters. The lowest BCUT2D eigenvalue weighted by molar-refractivity contribution is -0.0180. The van der Waals surface area contributed by atoms with E-state index in [1.54, 1.807) is 0 Å². The van der Waals surface area contributed by atoms with Crippen molar-refractivity contribution in [2.75, 3.05) is 39.3 Å². The summed E-state index contributed by atoms with van der Waals surface area (Å²) in [5.74, 6) is 0. The molecule has 1 fully saturated rings. The SMILES string of the molecule is CC(C)(C)OCCN1CCN(Cc2cccc3cccnc23)CC1. The molecular formula is C20H29N3O. The van der Waals surface area contributed by atoms with Crippen molar-refractivity contribution in [3.8, 4) is 0 Å². The van der Waals surface area contributed by atoms with Crippen LogP contribution in [0.1, 0.15) is 26.3 Å². The van der Waals surface area contributed by atoms with E-state index < -0.39 is 0 Å². The van der Waals surface area contributed by atoms with Crippen molar-refractivity contribution in [2.45, 2.75) is 32.9 Å². The van der Waals surface area contributed by atoms with E-state index >= 15 is 0 Å². The fourth-order valence-electron chi connectivity index (χ4n) is 3.19. The molecule has 4 nitrogen and oxygen atoms in total. The smallest absolute Gasteiger partial charge is 0.0746 e. The summed E-state index contributed by atoms with van der Waals surface area (Å²) in [5, 5.41) is 1.23. The van der Waals surface area contributed by atoms with Crippen LogP contribution >= 0.6 is 0 Å². The first-order valence-corrected chi connectivity index (χ1v) is 8.92. The number of nitrogens with zero attached hydrogens (tertiary/aromatic N) is 3. The number of para-hydroxylation sites is 1. The Balaban J connectivity index is 1.50. The third-order valence-electron chi connectivity index (χ3n) is 4.52. The van der Waals surface area contributed by atoms with Crippen LogP contribution in [0.15, 0.2) is 36.5 Å². The first-order chi connectivity index (χ1) is 11.5. The molecule has 24 heavy (non-hydrogen) atoms. The van der Waals surface area contributed by atoms with Gasteiger partial charge in [-0.1, -0.05) is 24.3 Å². The molecule has 1 aliphatic heterocycles. The lowest BCUT2D eigenvalue weighted by Crippen LogP contribution is -2.47. The van der Waals surface area contributed by atoms with Gasteiger partial charge in [-0.05, 0) is 32.4 Å². The predicted octanol–water partition coefficient (Wildman–Crippen LogP) is 3.17. The Morgan fingerprint density at radius 3 is 2.46 bits per heavy atom. The topological polar surface area (TPSA) is 28.6 Å². The van der Waals surface area contributed by atoms with Crippen molar-refractivity contribution in [1.29, 1.82) is 0 Å². The van der Waals surface area contributed by atoms with Crippen LogP contribution in [0.25, 0.3) is 10.9 Å². The third kappa shape index (κ3) is 4.76. The molecule has 0 N–H and O–H groups in total. The number of ether oxygens (including phenoxy) is 1. The molecule has 0 bridgehead atoms. The number of aromatic nitrogens is 1. The summed E-state index contributed by atoms with van der Waals surface area (Å²) in [6.45, 7) is 13.6. The maximum absolute atomic E-state index is 5.84. The highest BCUT2D eigenvalue weighted by molar-refractivity contribution is 5.81. The molecule has 1 aliphatic rings. The van der Waals surface area contributed by atoms with E-state index in [2.05, 4.69) is 59.8 Å². The summed E-state index contributed by atoms with van der Waals surface area (Å²) < 4.78 is 5.84. The molecule has 1 saturated heterocycles.